The highest BCUT2D eigenvalue weighted by Crippen LogP contribution is 2.41. The topological polar surface area (TPSA) is 92.7 Å². The molecule has 26 heavy (non-hydrogen) atoms. The number of allylic oxidation sites excluding steroid dienone is 1. The summed E-state index contributed by atoms with van der Waals surface area (Å²) in [5.74, 6) is -1.37. The van der Waals surface area contributed by atoms with Crippen molar-refractivity contribution in [3.63, 3.8) is 0 Å². The van der Waals surface area contributed by atoms with Gasteiger partial charge in [-0.2, -0.15) is 5.26 Å². The molecule has 0 radical (unpaired) electrons. The van der Waals surface area contributed by atoms with Crippen molar-refractivity contribution in [2.45, 2.75) is 26.7 Å². The van der Waals surface area contributed by atoms with Crippen LogP contribution >= 0.6 is 0 Å². The van der Waals surface area contributed by atoms with Crippen molar-refractivity contribution in [1.82, 2.24) is 0 Å². The standard InChI is InChI=1S/C20H18N2O4/c1-10-8-16(23)13-6-5-7-14(19(13)26-10)18-15(9-21)11(2)22-12(3)17(18)20(24)25-4/h5-8,15,18H,1-4H3. The molecule has 2 atom stereocenters. The molecule has 0 fully saturated rings. The van der Waals surface area contributed by atoms with Crippen LogP contribution < -0.4 is 5.43 Å². The number of hydrogen-bond donors (Lipinski definition) is 0. The molecule has 2 unspecified atom stereocenters. The third kappa shape index (κ3) is 2.72. The zero-order chi connectivity index (χ0) is 19.0. The summed E-state index contributed by atoms with van der Waals surface area (Å²) < 4.78 is 10.8. The molecule has 2 heterocycles. The quantitative estimate of drug-likeness (QED) is 0.775. The number of fused-ring (bicyclic) bond motifs is 1. The van der Waals surface area contributed by atoms with E-state index in [0.717, 1.165) is 0 Å². The first-order valence-electron chi connectivity index (χ1n) is 8.16. The summed E-state index contributed by atoms with van der Waals surface area (Å²) >= 11 is 0. The Balaban J connectivity index is 2.38. The van der Waals surface area contributed by atoms with Gasteiger partial charge < -0.3 is 9.15 Å². The molecular formula is C20H18N2O4. The number of para-hydroxylation sites is 1. The molecule has 1 aromatic heterocycles. The summed E-state index contributed by atoms with van der Waals surface area (Å²) in [4.78, 5) is 29.1. The van der Waals surface area contributed by atoms with Gasteiger partial charge in [0.25, 0.3) is 0 Å². The molecule has 132 valence electrons. The van der Waals surface area contributed by atoms with Gasteiger partial charge in [-0.1, -0.05) is 12.1 Å². The molecule has 6 nitrogen and oxygen atoms in total. The Labute approximate surface area is 150 Å². The van der Waals surface area contributed by atoms with E-state index < -0.39 is 17.8 Å². The van der Waals surface area contributed by atoms with E-state index >= 15 is 0 Å². The fraction of sp³-hybridized carbons (Fsp3) is 0.300. The molecule has 1 aromatic carbocycles. The van der Waals surface area contributed by atoms with Crippen LogP contribution in [0.4, 0.5) is 0 Å². The van der Waals surface area contributed by atoms with Gasteiger partial charge in [0.05, 0.1) is 30.1 Å². The maximum atomic E-state index is 12.4. The summed E-state index contributed by atoms with van der Waals surface area (Å²) in [6.45, 7) is 5.16. The molecule has 3 rings (SSSR count). The molecule has 0 bridgehead atoms. The Bertz CT molecular complexity index is 1070. The first-order valence-corrected chi connectivity index (χ1v) is 8.16. The average Bonchev–Trinajstić information content (AvgIpc) is 2.60. The Kier molecular flexibility index (Phi) is 4.47. The first-order chi connectivity index (χ1) is 12.4. The van der Waals surface area contributed by atoms with Crippen molar-refractivity contribution in [3.05, 3.63) is 57.1 Å². The minimum Gasteiger partial charge on any atom is -0.466 e. The monoisotopic (exact) mass is 350 g/mol. The van der Waals surface area contributed by atoms with Crippen molar-refractivity contribution < 1.29 is 13.9 Å². The maximum absolute atomic E-state index is 12.4. The Morgan fingerprint density at radius 3 is 2.69 bits per heavy atom. The molecule has 0 spiro atoms. The van der Waals surface area contributed by atoms with Crippen molar-refractivity contribution >= 4 is 22.7 Å². The minimum absolute atomic E-state index is 0.166. The van der Waals surface area contributed by atoms with Crippen LogP contribution in [0.1, 0.15) is 31.1 Å². The molecular weight excluding hydrogens is 332 g/mol. The number of methoxy groups -OCH3 is 1. The summed E-state index contributed by atoms with van der Waals surface area (Å²) in [6.07, 6.45) is 0. The summed E-state index contributed by atoms with van der Waals surface area (Å²) in [5, 5.41) is 10.1. The lowest BCUT2D eigenvalue weighted by molar-refractivity contribution is -0.136. The van der Waals surface area contributed by atoms with Gasteiger partial charge in [-0.25, -0.2) is 4.79 Å². The van der Waals surface area contributed by atoms with E-state index in [-0.39, 0.29) is 5.43 Å². The van der Waals surface area contributed by atoms with Gasteiger partial charge in [0.15, 0.2) is 5.43 Å². The number of nitriles is 1. The van der Waals surface area contributed by atoms with Crippen LogP contribution in [-0.2, 0) is 9.53 Å². The van der Waals surface area contributed by atoms with Gasteiger partial charge in [0.2, 0.25) is 0 Å². The molecule has 0 saturated heterocycles. The van der Waals surface area contributed by atoms with Gasteiger partial charge >= 0.3 is 5.97 Å². The molecule has 0 N–H and O–H groups in total. The fourth-order valence-electron chi connectivity index (χ4n) is 3.48. The number of rotatable bonds is 2. The van der Waals surface area contributed by atoms with Crippen LogP contribution in [0.25, 0.3) is 11.0 Å². The van der Waals surface area contributed by atoms with Gasteiger partial charge in [-0.3, -0.25) is 9.79 Å². The molecule has 2 aromatic rings. The van der Waals surface area contributed by atoms with Crippen LogP contribution in [-0.4, -0.2) is 18.8 Å². The van der Waals surface area contributed by atoms with E-state index in [4.69, 9.17) is 9.15 Å². The van der Waals surface area contributed by atoms with E-state index in [2.05, 4.69) is 11.1 Å². The largest absolute Gasteiger partial charge is 0.466 e. The molecule has 1 aliphatic rings. The lowest BCUT2D eigenvalue weighted by Gasteiger charge is -2.29. The smallest absolute Gasteiger partial charge is 0.336 e. The zero-order valence-electron chi connectivity index (χ0n) is 15.0. The van der Waals surface area contributed by atoms with Gasteiger partial charge in [0.1, 0.15) is 11.3 Å². The van der Waals surface area contributed by atoms with Gasteiger partial charge in [-0.15, -0.1) is 0 Å². The van der Waals surface area contributed by atoms with E-state index in [1.165, 1.54) is 13.2 Å². The highest BCUT2D eigenvalue weighted by Gasteiger charge is 2.39. The predicted molar refractivity (Wildman–Crippen MR) is 96.9 cm³/mol. The van der Waals surface area contributed by atoms with Crippen molar-refractivity contribution in [2.75, 3.05) is 7.11 Å². The minimum atomic E-state index is -0.663. The fourth-order valence-corrected chi connectivity index (χ4v) is 3.48. The Morgan fingerprint density at radius 2 is 2.04 bits per heavy atom. The number of carbonyl (C=O) groups is 1. The summed E-state index contributed by atoms with van der Waals surface area (Å²) in [7, 11) is 1.29. The molecule has 1 aliphatic heterocycles. The SMILES string of the molecule is COC(=O)C1=C(C)N=C(C)C(C#N)C1c1cccc2c(=O)cc(C)oc12. The van der Waals surface area contributed by atoms with Crippen LogP contribution in [0.3, 0.4) is 0 Å². The number of nitrogens with zero attached hydrogens (tertiary/aromatic N) is 2. The third-order valence-corrected chi connectivity index (χ3v) is 4.62. The second-order valence-electron chi connectivity index (χ2n) is 6.27. The lowest BCUT2D eigenvalue weighted by Crippen LogP contribution is -2.29. The number of aliphatic imine (C=N–C) groups is 1. The van der Waals surface area contributed by atoms with Gasteiger partial charge in [0, 0.05) is 29.0 Å². The first kappa shape index (κ1) is 17.6. The number of carbonyl (C=O) groups excluding carboxylic acids is 1. The maximum Gasteiger partial charge on any atom is 0.336 e. The molecule has 0 amide bonds. The van der Waals surface area contributed by atoms with Crippen molar-refractivity contribution in [1.29, 1.82) is 5.26 Å². The Morgan fingerprint density at radius 1 is 1.31 bits per heavy atom. The number of benzene rings is 1. The highest BCUT2D eigenvalue weighted by atomic mass is 16.5. The number of esters is 1. The van der Waals surface area contributed by atoms with E-state index in [1.807, 2.05) is 0 Å². The van der Waals surface area contributed by atoms with E-state index in [9.17, 15) is 14.9 Å². The molecule has 0 saturated carbocycles. The second kappa shape index (κ2) is 6.60. The predicted octanol–water partition coefficient (Wildman–Crippen LogP) is 3.25. The number of aryl methyl sites for hydroxylation is 1. The van der Waals surface area contributed by atoms with Crippen LogP contribution in [0, 0.1) is 24.2 Å². The van der Waals surface area contributed by atoms with Crippen LogP contribution in [0.2, 0.25) is 0 Å². The van der Waals surface area contributed by atoms with Crippen LogP contribution in [0.15, 0.2) is 49.7 Å². The van der Waals surface area contributed by atoms with E-state index in [0.29, 0.717) is 39.3 Å². The molecule has 0 aliphatic carbocycles. The lowest BCUT2D eigenvalue weighted by atomic mass is 9.76. The zero-order valence-corrected chi connectivity index (χ0v) is 15.0. The second-order valence-corrected chi connectivity index (χ2v) is 6.27. The summed E-state index contributed by atoms with van der Waals surface area (Å²) in [6, 6.07) is 8.82. The Hall–Kier alpha value is -3.20. The van der Waals surface area contributed by atoms with Crippen molar-refractivity contribution in [2.24, 2.45) is 10.9 Å². The van der Waals surface area contributed by atoms with Gasteiger partial charge in [-0.05, 0) is 26.8 Å². The normalized spacial score (nSPS) is 19.9. The average molecular weight is 350 g/mol. The molecule has 6 heteroatoms. The number of ether oxygens (including phenoxy) is 1. The van der Waals surface area contributed by atoms with Crippen molar-refractivity contribution in [3.8, 4) is 6.07 Å². The summed E-state index contributed by atoms with van der Waals surface area (Å²) in [5.41, 5.74) is 2.23. The number of hydrogen-bond acceptors (Lipinski definition) is 6. The highest BCUT2D eigenvalue weighted by molar-refractivity contribution is 5.99. The third-order valence-electron chi connectivity index (χ3n) is 4.62. The van der Waals surface area contributed by atoms with Crippen LogP contribution in [0.5, 0.6) is 0 Å². The van der Waals surface area contributed by atoms with E-state index in [1.54, 1.807) is 39.0 Å².